The minimum atomic E-state index is -0.300. The van der Waals surface area contributed by atoms with E-state index in [1.165, 1.54) is 6.92 Å². The highest BCUT2D eigenvalue weighted by atomic mass is 16.5. The molecule has 1 aromatic rings. The van der Waals surface area contributed by atoms with Crippen LogP contribution in [-0.4, -0.2) is 24.1 Å². The largest absolute Gasteiger partial charge is 0.373 e. The summed E-state index contributed by atoms with van der Waals surface area (Å²) >= 11 is 0. The van der Waals surface area contributed by atoms with E-state index in [0.717, 1.165) is 10.6 Å². The molecule has 0 saturated heterocycles. The number of nitrogens with zero attached hydrogens (tertiary/aromatic N) is 4. The van der Waals surface area contributed by atoms with Crippen molar-refractivity contribution in [2.24, 2.45) is 5.22 Å². The van der Waals surface area contributed by atoms with Gasteiger partial charge in [0, 0.05) is 6.92 Å². The van der Waals surface area contributed by atoms with Crippen LogP contribution >= 0.6 is 0 Å². The van der Waals surface area contributed by atoms with Crippen molar-refractivity contribution < 1.29 is 9.53 Å². The van der Waals surface area contributed by atoms with Crippen LogP contribution in [0.15, 0.2) is 35.6 Å². The first-order valence-electron chi connectivity index (χ1n) is 5.19. The third kappa shape index (κ3) is 5.01. The maximum absolute atomic E-state index is 11.0. The predicted octanol–water partition coefficient (Wildman–Crippen LogP) is 2.28. The molecular formula is C11H14N4O2. The summed E-state index contributed by atoms with van der Waals surface area (Å²) in [6.45, 7) is 2.40. The molecule has 0 aliphatic rings. The number of benzene rings is 1. The van der Waals surface area contributed by atoms with E-state index in [0.29, 0.717) is 13.2 Å². The second kappa shape index (κ2) is 7.27. The van der Waals surface area contributed by atoms with E-state index >= 15 is 0 Å². The summed E-state index contributed by atoms with van der Waals surface area (Å²) in [5.41, 5.74) is 9.30. The Kier molecular flexibility index (Phi) is 5.57. The van der Waals surface area contributed by atoms with Gasteiger partial charge in [0.05, 0.1) is 13.2 Å². The maximum Gasteiger partial charge on any atom is 0.309 e. The summed E-state index contributed by atoms with van der Waals surface area (Å²) < 4.78 is 5.37. The van der Waals surface area contributed by atoms with E-state index in [2.05, 4.69) is 10.1 Å². The lowest BCUT2D eigenvalue weighted by atomic mass is 10.2. The van der Waals surface area contributed by atoms with Gasteiger partial charge in [-0.25, -0.2) is 4.79 Å². The summed E-state index contributed by atoms with van der Waals surface area (Å²) in [7, 11) is 0. The Hall–Kier alpha value is -2.04. The Labute approximate surface area is 99.4 Å². The highest BCUT2D eigenvalue weighted by Crippen LogP contribution is 2.00. The molecule has 0 aliphatic carbocycles. The zero-order valence-electron chi connectivity index (χ0n) is 9.61. The summed E-state index contributed by atoms with van der Waals surface area (Å²) in [5, 5.41) is 4.29. The number of rotatable bonds is 6. The molecule has 1 amide bonds. The van der Waals surface area contributed by atoms with Crippen LogP contribution in [-0.2, 0) is 16.1 Å². The molecule has 0 fully saturated rings. The van der Waals surface area contributed by atoms with Crippen LogP contribution in [0.3, 0.4) is 0 Å². The van der Waals surface area contributed by atoms with E-state index in [1.54, 1.807) is 0 Å². The summed E-state index contributed by atoms with van der Waals surface area (Å²) in [4.78, 5) is 13.6. The molecule has 90 valence electrons. The molecule has 0 N–H and O–H groups in total. The number of hydrogen-bond acceptors (Lipinski definition) is 3. The lowest BCUT2D eigenvalue weighted by Crippen LogP contribution is -2.26. The molecule has 0 aliphatic heterocycles. The van der Waals surface area contributed by atoms with Gasteiger partial charge in [0.15, 0.2) is 0 Å². The van der Waals surface area contributed by atoms with Gasteiger partial charge >= 0.3 is 5.91 Å². The molecule has 0 aromatic heterocycles. The van der Waals surface area contributed by atoms with Gasteiger partial charge in [0.25, 0.3) is 0 Å². The lowest BCUT2D eigenvalue weighted by molar-refractivity contribution is -0.129. The molecule has 0 radical (unpaired) electrons. The van der Waals surface area contributed by atoms with Crippen LogP contribution in [0.4, 0.5) is 0 Å². The summed E-state index contributed by atoms with van der Waals surface area (Å²) in [6.07, 6.45) is 0. The van der Waals surface area contributed by atoms with Crippen LogP contribution in [0.5, 0.6) is 0 Å². The SMILES string of the molecule is CC(=O)N(CCOCc1ccccc1)N=[N+]=[N-]. The Bertz CT molecular complexity index is 399. The molecule has 17 heavy (non-hydrogen) atoms. The first-order chi connectivity index (χ1) is 8.24. The van der Waals surface area contributed by atoms with E-state index in [1.807, 2.05) is 30.3 Å². The molecule has 0 heterocycles. The molecule has 1 rings (SSSR count). The quantitative estimate of drug-likeness (QED) is 0.249. The molecule has 6 nitrogen and oxygen atoms in total. The van der Waals surface area contributed by atoms with Crippen molar-refractivity contribution in [1.29, 1.82) is 0 Å². The van der Waals surface area contributed by atoms with Crippen LogP contribution in [0, 0.1) is 0 Å². The molecule has 0 unspecified atom stereocenters. The first kappa shape index (κ1) is 13.0. The van der Waals surface area contributed by atoms with Crippen LogP contribution in [0.25, 0.3) is 10.4 Å². The molecule has 0 saturated carbocycles. The average Bonchev–Trinajstić information content (AvgIpc) is 2.34. The average molecular weight is 234 g/mol. The maximum atomic E-state index is 11.0. The van der Waals surface area contributed by atoms with Crippen molar-refractivity contribution in [1.82, 2.24) is 5.01 Å². The highest BCUT2D eigenvalue weighted by Gasteiger charge is 2.09. The minimum absolute atomic E-state index is 0.256. The number of ether oxygens (including phenoxy) is 1. The number of hydrogen-bond donors (Lipinski definition) is 0. The van der Waals surface area contributed by atoms with Crippen molar-refractivity contribution >= 4 is 5.91 Å². The fourth-order valence-electron chi connectivity index (χ4n) is 1.23. The third-order valence-corrected chi connectivity index (χ3v) is 2.07. The fraction of sp³-hybridized carbons (Fsp3) is 0.364. The van der Waals surface area contributed by atoms with Gasteiger partial charge in [-0.3, -0.25) is 0 Å². The Morgan fingerprint density at radius 3 is 2.76 bits per heavy atom. The summed E-state index contributed by atoms with van der Waals surface area (Å²) in [6, 6.07) is 9.70. The second-order valence-corrected chi connectivity index (χ2v) is 3.36. The Morgan fingerprint density at radius 1 is 1.47 bits per heavy atom. The van der Waals surface area contributed by atoms with Crippen LogP contribution < -0.4 is 0 Å². The van der Waals surface area contributed by atoms with Gasteiger partial charge in [-0.1, -0.05) is 30.3 Å². The van der Waals surface area contributed by atoms with Gasteiger partial charge in [-0.05, 0) is 10.8 Å². The monoisotopic (exact) mass is 234 g/mol. The van der Waals surface area contributed by atoms with E-state index in [9.17, 15) is 4.79 Å². The van der Waals surface area contributed by atoms with Crippen molar-refractivity contribution in [3.8, 4) is 0 Å². The normalized spacial score (nSPS) is 9.47. The van der Waals surface area contributed by atoms with Crippen molar-refractivity contribution in [2.75, 3.05) is 13.2 Å². The number of carbonyl (C=O) groups is 1. The Balaban J connectivity index is 2.28. The predicted molar refractivity (Wildman–Crippen MR) is 62.6 cm³/mol. The fourth-order valence-corrected chi connectivity index (χ4v) is 1.23. The second-order valence-electron chi connectivity index (χ2n) is 3.36. The van der Waals surface area contributed by atoms with Gasteiger partial charge in [-0.2, -0.15) is 9.92 Å². The molecule has 0 bridgehead atoms. The number of carbonyl (C=O) groups excluding carboxylic acids is 1. The van der Waals surface area contributed by atoms with Gasteiger partial charge < -0.3 is 4.74 Å². The first-order valence-corrected chi connectivity index (χ1v) is 5.19. The topological polar surface area (TPSA) is 78.3 Å². The molecule has 0 spiro atoms. The zero-order valence-corrected chi connectivity index (χ0v) is 9.61. The molecular weight excluding hydrogens is 220 g/mol. The van der Waals surface area contributed by atoms with Crippen LogP contribution in [0.2, 0.25) is 0 Å². The van der Waals surface area contributed by atoms with E-state index in [4.69, 9.17) is 10.3 Å². The molecule has 0 atom stereocenters. The Morgan fingerprint density at radius 2 is 2.18 bits per heavy atom. The third-order valence-electron chi connectivity index (χ3n) is 2.07. The van der Waals surface area contributed by atoms with Gasteiger partial charge in [0.2, 0.25) is 0 Å². The standard InChI is InChI=1S/C11H14N4O2/c1-10(16)15(14-13-12)7-8-17-9-11-5-3-2-4-6-11/h2-6H,7-9H2,1H3. The lowest BCUT2D eigenvalue weighted by Gasteiger charge is -2.09. The van der Waals surface area contributed by atoms with Gasteiger partial charge in [-0.15, -0.1) is 5.53 Å². The van der Waals surface area contributed by atoms with Crippen molar-refractivity contribution in [2.45, 2.75) is 13.5 Å². The van der Waals surface area contributed by atoms with Crippen LogP contribution in [0.1, 0.15) is 12.5 Å². The zero-order chi connectivity index (χ0) is 12.5. The molecule has 1 aromatic carbocycles. The van der Waals surface area contributed by atoms with E-state index in [-0.39, 0.29) is 12.5 Å². The molecule has 6 heteroatoms. The van der Waals surface area contributed by atoms with Crippen molar-refractivity contribution in [3.05, 3.63) is 46.3 Å². The summed E-state index contributed by atoms with van der Waals surface area (Å²) in [5.74, 6) is -0.300. The van der Waals surface area contributed by atoms with E-state index < -0.39 is 0 Å². The number of azide groups is 1. The van der Waals surface area contributed by atoms with Gasteiger partial charge in [0.1, 0.15) is 6.54 Å². The highest BCUT2D eigenvalue weighted by molar-refractivity contribution is 5.72. The smallest absolute Gasteiger partial charge is 0.309 e. The minimum Gasteiger partial charge on any atom is -0.373 e. The number of amides is 1. The van der Waals surface area contributed by atoms with Crippen molar-refractivity contribution in [3.63, 3.8) is 0 Å².